The molecule has 0 spiro atoms. The van der Waals surface area contributed by atoms with Crippen LogP contribution in [-0.4, -0.2) is 20.7 Å². The zero-order valence-electron chi connectivity index (χ0n) is 13.0. The van der Waals surface area contributed by atoms with Crippen molar-refractivity contribution < 1.29 is 8.42 Å². The lowest BCUT2D eigenvalue weighted by molar-refractivity contribution is 0.593. The zero-order valence-corrected chi connectivity index (χ0v) is 15.4. The van der Waals surface area contributed by atoms with E-state index in [1.807, 2.05) is 43.3 Å². The third-order valence-corrected chi connectivity index (χ3v) is 5.51. The van der Waals surface area contributed by atoms with E-state index in [9.17, 15) is 8.42 Å². The topological polar surface area (TPSA) is 63.4 Å². The lowest BCUT2D eigenvalue weighted by Crippen LogP contribution is -2.38. The fourth-order valence-corrected chi connectivity index (χ4v) is 4.12. The van der Waals surface area contributed by atoms with Crippen molar-refractivity contribution >= 4 is 43.4 Å². The Morgan fingerprint density at radius 2 is 1.70 bits per heavy atom. The van der Waals surface area contributed by atoms with Crippen molar-refractivity contribution in [2.24, 2.45) is 0 Å². The molecule has 0 heterocycles. The van der Waals surface area contributed by atoms with E-state index in [0.29, 0.717) is 11.4 Å². The molecule has 23 heavy (non-hydrogen) atoms. The Kier molecular flexibility index (Phi) is 5.49. The van der Waals surface area contributed by atoms with Crippen molar-refractivity contribution in [2.75, 3.05) is 16.3 Å². The van der Waals surface area contributed by atoms with Crippen LogP contribution in [0.1, 0.15) is 12.5 Å². The molecule has 1 atom stereocenters. The molecule has 4 nitrogen and oxygen atoms in total. The molecule has 0 fully saturated rings. The first-order valence-corrected chi connectivity index (χ1v) is 9.71. The smallest absolute Gasteiger partial charge is 0.232 e. The number of benzene rings is 2. The van der Waals surface area contributed by atoms with Crippen LogP contribution in [0, 0.1) is 0 Å². The monoisotopic (exact) mass is 394 g/mol. The fourth-order valence-electron chi connectivity index (χ4n) is 2.30. The molecule has 0 amide bonds. The number of nitrogen functional groups attached to an aromatic ring is 1. The summed E-state index contributed by atoms with van der Waals surface area (Å²) >= 11 is 3.51. The molecule has 0 aliphatic rings. The molecule has 0 saturated carbocycles. The second-order valence-corrected chi connectivity index (χ2v) is 8.01. The standard InChI is InChI=1S/C17H19BrN2O2S/c1-13(15(18)12-14-8-4-3-5-9-14)20(23(2,21)22)17-11-7-6-10-16(17)19/h3-13H,19H2,1-2H3/b15-12+. The van der Waals surface area contributed by atoms with Crippen molar-refractivity contribution in [3.05, 3.63) is 64.6 Å². The number of nitrogens with zero attached hydrogens (tertiary/aromatic N) is 1. The third kappa shape index (κ3) is 4.36. The molecular formula is C17H19BrN2O2S. The highest BCUT2D eigenvalue weighted by molar-refractivity contribution is 9.11. The molecule has 0 aliphatic carbocycles. The number of sulfonamides is 1. The number of rotatable bonds is 5. The molecule has 0 saturated heterocycles. The molecule has 2 aromatic rings. The fraction of sp³-hybridized carbons (Fsp3) is 0.176. The number of para-hydroxylation sites is 2. The van der Waals surface area contributed by atoms with E-state index < -0.39 is 16.1 Å². The molecule has 2 rings (SSSR count). The van der Waals surface area contributed by atoms with Crippen molar-refractivity contribution in [3.8, 4) is 0 Å². The van der Waals surface area contributed by atoms with Crippen LogP contribution in [0.3, 0.4) is 0 Å². The highest BCUT2D eigenvalue weighted by Gasteiger charge is 2.27. The maximum Gasteiger partial charge on any atom is 0.232 e. The molecule has 6 heteroatoms. The SMILES string of the molecule is CC(/C(Br)=C\c1ccccc1)N(c1ccccc1N)S(C)(=O)=O. The zero-order chi connectivity index (χ0) is 17.0. The highest BCUT2D eigenvalue weighted by Crippen LogP contribution is 2.31. The van der Waals surface area contributed by atoms with Crippen LogP contribution in [0.2, 0.25) is 0 Å². The molecule has 2 N–H and O–H groups in total. The van der Waals surface area contributed by atoms with Gasteiger partial charge in [0.05, 0.1) is 23.7 Å². The normalized spacial score (nSPS) is 13.6. The van der Waals surface area contributed by atoms with E-state index in [0.717, 1.165) is 10.0 Å². The second kappa shape index (κ2) is 7.19. The first kappa shape index (κ1) is 17.6. The van der Waals surface area contributed by atoms with Crippen LogP contribution >= 0.6 is 15.9 Å². The van der Waals surface area contributed by atoms with Crippen molar-refractivity contribution in [1.82, 2.24) is 0 Å². The Labute approximate surface area is 145 Å². The van der Waals surface area contributed by atoms with Gasteiger partial charge in [0.25, 0.3) is 0 Å². The van der Waals surface area contributed by atoms with Gasteiger partial charge in [0.15, 0.2) is 0 Å². The Morgan fingerprint density at radius 1 is 1.13 bits per heavy atom. The molecule has 0 aromatic heterocycles. The van der Waals surface area contributed by atoms with Gasteiger partial charge < -0.3 is 5.73 Å². The van der Waals surface area contributed by atoms with Crippen LogP contribution in [0.5, 0.6) is 0 Å². The van der Waals surface area contributed by atoms with E-state index in [1.165, 1.54) is 10.6 Å². The molecule has 122 valence electrons. The summed E-state index contributed by atoms with van der Waals surface area (Å²) in [4.78, 5) is 0. The Hall–Kier alpha value is -1.79. The van der Waals surface area contributed by atoms with Gasteiger partial charge in [-0.1, -0.05) is 58.4 Å². The van der Waals surface area contributed by atoms with Gasteiger partial charge in [0.2, 0.25) is 10.0 Å². The lowest BCUT2D eigenvalue weighted by Gasteiger charge is -2.30. The first-order chi connectivity index (χ1) is 10.8. The summed E-state index contributed by atoms with van der Waals surface area (Å²) in [6.07, 6.45) is 3.08. The minimum atomic E-state index is -3.49. The molecule has 0 radical (unpaired) electrons. The average Bonchev–Trinajstić information content (AvgIpc) is 2.49. The summed E-state index contributed by atoms with van der Waals surface area (Å²) in [6, 6.07) is 16.2. The van der Waals surface area contributed by atoms with Crippen molar-refractivity contribution in [2.45, 2.75) is 13.0 Å². The minimum Gasteiger partial charge on any atom is -0.397 e. The summed E-state index contributed by atoms with van der Waals surface area (Å²) < 4.78 is 26.7. The predicted molar refractivity (Wildman–Crippen MR) is 101 cm³/mol. The number of anilines is 2. The number of halogens is 1. The average molecular weight is 395 g/mol. The highest BCUT2D eigenvalue weighted by atomic mass is 79.9. The third-order valence-electron chi connectivity index (χ3n) is 3.39. The molecule has 0 bridgehead atoms. The molecule has 2 aromatic carbocycles. The minimum absolute atomic E-state index is 0.421. The Bertz CT molecular complexity index is 804. The van der Waals surface area contributed by atoms with Crippen LogP contribution in [0.4, 0.5) is 11.4 Å². The predicted octanol–water partition coefficient (Wildman–Crippen LogP) is 3.86. The van der Waals surface area contributed by atoms with E-state index >= 15 is 0 Å². The van der Waals surface area contributed by atoms with Gasteiger partial charge in [-0.3, -0.25) is 4.31 Å². The van der Waals surface area contributed by atoms with Gasteiger partial charge >= 0.3 is 0 Å². The van der Waals surface area contributed by atoms with Gasteiger partial charge in [-0.2, -0.15) is 0 Å². The summed E-state index contributed by atoms with van der Waals surface area (Å²) in [6.45, 7) is 1.82. The van der Waals surface area contributed by atoms with Gasteiger partial charge in [0.1, 0.15) is 0 Å². The van der Waals surface area contributed by atoms with E-state index in [-0.39, 0.29) is 0 Å². The Balaban J connectivity index is 2.45. The van der Waals surface area contributed by atoms with E-state index in [4.69, 9.17) is 5.73 Å². The molecular weight excluding hydrogens is 376 g/mol. The second-order valence-electron chi connectivity index (χ2n) is 5.23. The quantitative estimate of drug-likeness (QED) is 0.782. The summed E-state index contributed by atoms with van der Waals surface area (Å²) in [7, 11) is -3.49. The maximum absolute atomic E-state index is 12.3. The van der Waals surface area contributed by atoms with Gasteiger partial charge in [0, 0.05) is 4.48 Å². The molecule has 0 aliphatic heterocycles. The summed E-state index contributed by atoms with van der Waals surface area (Å²) in [5.41, 5.74) is 7.85. The number of nitrogens with two attached hydrogens (primary N) is 1. The van der Waals surface area contributed by atoms with Gasteiger partial charge in [-0.25, -0.2) is 8.42 Å². The van der Waals surface area contributed by atoms with Crippen molar-refractivity contribution in [1.29, 1.82) is 0 Å². The maximum atomic E-state index is 12.3. The lowest BCUT2D eigenvalue weighted by atomic mass is 10.1. The van der Waals surface area contributed by atoms with Gasteiger partial charge in [-0.05, 0) is 30.7 Å². The Morgan fingerprint density at radius 3 is 2.26 bits per heavy atom. The van der Waals surface area contributed by atoms with E-state index in [2.05, 4.69) is 15.9 Å². The van der Waals surface area contributed by atoms with Crippen LogP contribution < -0.4 is 10.0 Å². The van der Waals surface area contributed by atoms with Crippen LogP contribution in [0.15, 0.2) is 59.1 Å². The van der Waals surface area contributed by atoms with E-state index in [1.54, 1.807) is 24.3 Å². The van der Waals surface area contributed by atoms with Crippen molar-refractivity contribution in [3.63, 3.8) is 0 Å². The first-order valence-electron chi connectivity index (χ1n) is 7.07. The number of hydrogen-bond donors (Lipinski definition) is 1. The largest absolute Gasteiger partial charge is 0.397 e. The summed E-state index contributed by atoms with van der Waals surface area (Å²) in [5, 5.41) is 0. The number of hydrogen-bond acceptors (Lipinski definition) is 3. The van der Waals surface area contributed by atoms with Crippen LogP contribution in [0.25, 0.3) is 6.08 Å². The summed E-state index contributed by atoms with van der Waals surface area (Å²) in [5.74, 6) is 0. The van der Waals surface area contributed by atoms with Crippen LogP contribution in [-0.2, 0) is 10.0 Å². The molecule has 1 unspecified atom stereocenters. The van der Waals surface area contributed by atoms with Gasteiger partial charge in [-0.15, -0.1) is 0 Å².